The van der Waals surface area contributed by atoms with Gasteiger partial charge in [0.05, 0.1) is 17.5 Å². The van der Waals surface area contributed by atoms with Crippen LogP contribution in [0.2, 0.25) is 0 Å². The van der Waals surface area contributed by atoms with Crippen molar-refractivity contribution in [2.24, 2.45) is 0 Å². The van der Waals surface area contributed by atoms with Crippen molar-refractivity contribution in [1.29, 1.82) is 0 Å². The summed E-state index contributed by atoms with van der Waals surface area (Å²) in [4.78, 5) is 16.5. The Hall–Kier alpha value is -2.44. The minimum absolute atomic E-state index is 0.0575. The van der Waals surface area contributed by atoms with Gasteiger partial charge in [-0.15, -0.1) is 0 Å². The quantitative estimate of drug-likeness (QED) is 0.679. The molecule has 5 nitrogen and oxygen atoms in total. The molecule has 0 spiro atoms. The summed E-state index contributed by atoms with van der Waals surface area (Å²) in [6, 6.07) is 16.4. The van der Waals surface area contributed by atoms with Gasteiger partial charge in [0.2, 0.25) is 0 Å². The molecule has 1 aliphatic rings. The lowest BCUT2D eigenvalue weighted by Gasteiger charge is -2.21. The van der Waals surface area contributed by atoms with Crippen molar-refractivity contribution >= 4 is 26.5 Å². The van der Waals surface area contributed by atoms with E-state index in [1.807, 2.05) is 54.6 Å². The topological polar surface area (TPSA) is 79.0 Å². The summed E-state index contributed by atoms with van der Waals surface area (Å²) in [5.74, 6) is 0.197. The van der Waals surface area contributed by atoms with Crippen molar-refractivity contribution in [3.63, 3.8) is 0 Å². The Kier molecular flexibility index (Phi) is 4.38. The molecule has 0 unspecified atom stereocenters. The zero-order valence-electron chi connectivity index (χ0n) is 14.2. The van der Waals surface area contributed by atoms with Crippen molar-refractivity contribution in [2.45, 2.75) is 18.5 Å². The van der Waals surface area contributed by atoms with Crippen molar-refractivity contribution in [1.82, 2.24) is 10.3 Å². The molecule has 6 heteroatoms. The van der Waals surface area contributed by atoms with Crippen LogP contribution in [0.3, 0.4) is 0 Å². The summed E-state index contributed by atoms with van der Waals surface area (Å²) in [6.45, 7) is 0. The SMILES string of the molecule is O=C(c1c[nH]c2ccccc12)[C@@H](N[C@H]1CCS(=O)(=O)C1)c1ccccc1. The molecular formula is C20H20N2O3S. The number of carbonyl (C=O) groups is 1. The molecule has 2 N–H and O–H groups in total. The van der Waals surface area contributed by atoms with E-state index in [4.69, 9.17) is 0 Å². The second-order valence-electron chi connectivity index (χ2n) is 6.72. The number of fused-ring (bicyclic) bond motifs is 1. The normalized spacial score (nSPS) is 20.2. The number of aromatic amines is 1. The van der Waals surface area contributed by atoms with Crippen LogP contribution >= 0.6 is 0 Å². The molecule has 0 aliphatic carbocycles. The Bertz CT molecular complexity index is 1040. The molecule has 3 aromatic rings. The highest BCUT2D eigenvalue weighted by atomic mass is 32.2. The Labute approximate surface area is 152 Å². The number of hydrogen-bond acceptors (Lipinski definition) is 4. The summed E-state index contributed by atoms with van der Waals surface area (Å²) < 4.78 is 23.6. The van der Waals surface area contributed by atoms with Gasteiger partial charge in [-0.3, -0.25) is 10.1 Å². The fourth-order valence-corrected chi connectivity index (χ4v) is 5.25. The van der Waals surface area contributed by atoms with Crippen LogP contribution in [0, 0.1) is 0 Å². The third-order valence-corrected chi connectivity index (χ3v) is 6.65. The minimum Gasteiger partial charge on any atom is -0.360 e. The maximum atomic E-state index is 13.3. The van der Waals surface area contributed by atoms with E-state index < -0.39 is 15.9 Å². The predicted molar refractivity (Wildman–Crippen MR) is 102 cm³/mol. The number of nitrogens with one attached hydrogen (secondary N) is 2. The van der Waals surface area contributed by atoms with Gasteiger partial charge in [0.1, 0.15) is 0 Å². The van der Waals surface area contributed by atoms with E-state index in [0.717, 1.165) is 16.5 Å². The minimum atomic E-state index is -3.02. The summed E-state index contributed by atoms with van der Waals surface area (Å²) >= 11 is 0. The molecule has 4 rings (SSSR count). The number of aromatic nitrogens is 1. The Morgan fingerprint density at radius 2 is 1.81 bits per heavy atom. The maximum absolute atomic E-state index is 13.3. The van der Waals surface area contributed by atoms with Gasteiger partial charge < -0.3 is 4.98 Å². The molecule has 26 heavy (non-hydrogen) atoms. The van der Waals surface area contributed by atoms with E-state index in [2.05, 4.69) is 10.3 Å². The number of ketones is 1. The van der Waals surface area contributed by atoms with E-state index in [-0.39, 0.29) is 23.3 Å². The first kappa shape index (κ1) is 17.0. The molecule has 1 saturated heterocycles. The van der Waals surface area contributed by atoms with Crippen LogP contribution in [0.1, 0.15) is 28.4 Å². The highest BCUT2D eigenvalue weighted by molar-refractivity contribution is 7.91. The van der Waals surface area contributed by atoms with Crippen LogP contribution in [-0.4, -0.2) is 36.7 Å². The molecule has 0 bridgehead atoms. The van der Waals surface area contributed by atoms with Gasteiger partial charge in [-0.1, -0.05) is 48.5 Å². The monoisotopic (exact) mass is 368 g/mol. The molecule has 0 radical (unpaired) electrons. The molecule has 2 aromatic carbocycles. The van der Waals surface area contributed by atoms with Gasteiger partial charge in [0.15, 0.2) is 15.6 Å². The first-order chi connectivity index (χ1) is 12.5. The molecule has 2 atom stereocenters. The van der Waals surface area contributed by atoms with E-state index in [9.17, 15) is 13.2 Å². The largest absolute Gasteiger partial charge is 0.360 e. The number of hydrogen-bond donors (Lipinski definition) is 2. The Balaban J connectivity index is 1.69. The van der Waals surface area contributed by atoms with Crippen LogP contribution < -0.4 is 5.32 Å². The third kappa shape index (κ3) is 3.30. The van der Waals surface area contributed by atoms with Crippen LogP contribution in [0.4, 0.5) is 0 Å². The fraction of sp³-hybridized carbons (Fsp3) is 0.250. The van der Waals surface area contributed by atoms with Gasteiger partial charge >= 0.3 is 0 Å². The first-order valence-electron chi connectivity index (χ1n) is 8.65. The molecule has 1 fully saturated rings. The number of H-pyrrole nitrogens is 1. The van der Waals surface area contributed by atoms with E-state index in [1.165, 1.54) is 0 Å². The molecule has 0 amide bonds. The lowest BCUT2D eigenvalue weighted by molar-refractivity contribution is 0.0939. The molecular weight excluding hydrogens is 348 g/mol. The van der Waals surface area contributed by atoms with Crippen LogP contribution in [0.25, 0.3) is 10.9 Å². The zero-order chi connectivity index (χ0) is 18.1. The molecule has 1 aromatic heterocycles. The number of sulfone groups is 1. The van der Waals surface area contributed by atoms with Crippen LogP contribution in [0.15, 0.2) is 60.8 Å². The van der Waals surface area contributed by atoms with Gasteiger partial charge in [-0.05, 0) is 18.1 Å². The second kappa shape index (κ2) is 6.70. The van der Waals surface area contributed by atoms with Crippen molar-refractivity contribution in [2.75, 3.05) is 11.5 Å². The first-order valence-corrected chi connectivity index (χ1v) is 10.5. The van der Waals surface area contributed by atoms with Crippen LogP contribution in [0.5, 0.6) is 0 Å². The molecule has 0 saturated carbocycles. The maximum Gasteiger partial charge on any atom is 0.186 e. The van der Waals surface area contributed by atoms with E-state index in [0.29, 0.717) is 12.0 Å². The lowest BCUT2D eigenvalue weighted by Crippen LogP contribution is -2.37. The summed E-state index contributed by atoms with van der Waals surface area (Å²) in [5.41, 5.74) is 2.36. The average Bonchev–Trinajstić information content (AvgIpc) is 3.23. The molecule has 134 valence electrons. The number of para-hydroxylation sites is 1. The highest BCUT2D eigenvalue weighted by Crippen LogP contribution is 2.26. The number of benzene rings is 2. The smallest absolute Gasteiger partial charge is 0.186 e. The summed E-state index contributed by atoms with van der Waals surface area (Å²) in [5, 5.41) is 4.17. The van der Waals surface area contributed by atoms with E-state index >= 15 is 0 Å². The Morgan fingerprint density at radius 1 is 1.08 bits per heavy atom. The number of rotatable bonds is 5. The zero-order valence-corrected chi connectivity index (χ0v) is 15.0. The van der Waals surface area contributed by atoms with Crippen molar-refractivity contribution in [3.8, 4) is 0 Å². The summed E-state index contributed by atoms with van der Waals surface area (Å²) in [7, 11) is -3.02. The molecule has 2 heterocycles. The second-order valence-corrected chi connectivity index (χ2v) is 8.95. The Morgan fingerprint density at radius 3 is 2.54 bits per heavy atom. The third-order valence-electron chi connectivity index (χ3n) is 4.88. The average molecular weight is 368 g/mol. The molecule has 1 aliphatic heterocycles. The van der Waals surface area contributed by atoms with E-state index in [1.54, 1.807) is 6.20 Å². The van der Waals surface area contributed by atoms with Crippen molar-refractivity contribution in [3.05, 3.63) is 71.9 Å². The van der Waals surface area contributed by atoms with Gasteiger partial charge in [-0.25, -0.2) is 8.42 Å². The van der Waals surface area contributed by atoms with Crippen molar-refractivity contribution < 1.29 is 13.2 Å². The van der Waals surface area contributed by atoms with Crippen LogP contribution in [-0.2, 0) is 9.84 Å². The van der Waals surface area contributed by atoms with Gasteiger partial charge in [0.25, 0.3) is 0 Å². The highest BCUT2D eigenvalue weighted by Gasteiger charge is 2.32. The lowest BCUT2D eigenvalue weighted by atomic mass is 9.96. The van der Waals surface area contributed by atoms with Gasteiger partial charge in [-0.2, -0.15) is 0 Å². The number of carbonyl (C=O) groups excluding carboxylic acids is 1. The summed E-state index contributed by atoms with van der Waals surface area (Å²) in [6.07, 6.45) is 2.27. The standard InChI is InChI=1S/C20H20N2O3S/c23-20(17-12-21-18-9-5-4-8-16(17)18)19(14-6-2-1-3-7-14)22-15-10-11-26(24,25)13-15/h1-9,12,15,19,21-22H,10-11,13H2/t15-,19-/m0/s1. The number of Topliss-reactive ketones (excluding diaryl/α,β-unsaturated/α-hetero) is 1. The van der Waals surface area contributed by atoms with Gasteiger partial charge in [0, 0.05) is 28.7 Å². The predicted octanol–water partition coefficient (Wildman–Crippen LogP) is 2.87. The fourth-order valence-electron chi connectivity index (χ4n) is 3.56.